The largest absolute Gasteiger partial charge is 0.476 e. The van der Waals surface area contributed by atoms with Crippen molar-refractivity contribution in [2.75, 3.05) is 0 Å². The van der Waals surface area contributed by atoms with E-state index < -0.39 is 11.8 Å². The van der Waals surface area contributed by atoms with Gasteiger partial charge in [0.25, 0.3) is 0 Å². The van der Waals surface area contributed by atoms with Gasteiger partial charge in [0.05, 0.1) is 11.4 Å². The summed E-state index contributed by atoms with van der Waals surface area (Å²) < 4.78 is 14.5. The molecule has 0 radical (unpaired) electrons. The molecule has 18 heavy (non-hydrogen) atoms. The highest BCUT2D eigenvalue weighted by Crippen LogP contribution is 2.21. The van der Waals surface area contributed by atoms with Gasteiger partial charge in [-0.2, -0.15) is 0 Å². The van der Waals surface area contributed by atoms with E-state index in [0.29, 0.717) is 11.4 Å². The van der Waals surface area contributed by atoms with Crippen LogP contribution in [0.3, 0.4) is 0 Å². The first-order valence-electron chi connectivity index (χ1n) is 5.45. The van der Waals surface area contributed by atoms with Crippen molar-refractivity contribution in [1.29, 1.82) is 0 Å². The van der Waals surface area contributed by atoms with Crippen molar-refractivity contribution >= 4 is 5.97 Å². The number of carbonyl (C=O) groups is 1. The van der Waals surface area contributed by atoms with Crippen LogP contribution in [0.25, 0.3) is 5.69 Å². The van der Waals surface area contributed by atoms with Gasteiger partial charge in [0, 0.05) is 0 Å². The summed E-state index contributed by atoms with van der Waals surface area (Å²) >= 11 is 0. The minimum atomic E-state index is -1.14. The Morgan fingerprint density at radius 1 is 1.44 bits per heavy atom. The molecule has 94 valence electrons. The molecule has 0 saturated carbocycles. The molecule has 0 saturated heterocycles. The third-order valence-electron chi connectivity index (χ3n) is 2.51. The highest BCUT2D eigenvalue weighted by Gasteiger charge is 2.22. The Morgan fingerprint density at radius 2 is 2.17 bits per heavy atom. The second-order valence-corrected chi connectivity index (χ2v) is 4.17. The standard InChI is InChI=1S/C12H12FN3O2/c1-7(2)11-10(12(17)18)14-15-16(11)9-5-3-4-8(13)6-9/h3-7H,1-2H3,(H,17,18). The Bertz CT molecular complexity index is 593. The van der Waals surface area contributed by atoms with Crippen LogP contribution in [0.2, 0.25) is 0 Å². The molecule has 0 bridgehead atoms. The van der Waals surface area contributed by atoms with Crippen molar-refractivity contribution in [2.45, 2.75) is 19.8 Å². The third kappa shape index (κ3) is 2.09. The SMILES string of the molecule is CC(C)c1c(C(=O)O)nnn1-c1cccc(F)c1. The number of hydrogen-bond acceptors (Lipinski definition) is 3. The van der Waals surface area contributed by atoms with E-state index in [1.807, 2.05) is 13.8 Å². The van der Waals surface area contributed by atoms with Crippen LogP contribution in [0.1, 0.15) is 35.9 Å². The Hall–Kier alpha value is -2.24. The topological polar surface area (TPSA) is 68.0 Å². The average molecular weight is 249 g/mol. The van der Waals surface area contributed by atoms with Gasteiger partial charge in [-0.1, -0.05) is 25.1 Å². The first-order chi connectivity index (χ1) is 8.50. The number of hydrogen-bond donors (Lipinski definition) is 1. The van der Waals surface area contributed by atoms with Crippen LogP contribution in [-0.2, 0) is 0 Å². The fraction of sp³-hybridized carbons (Fsp3) is 0.250. The molecule has 5 nitrogen and oxygen atoms in total. The van der Waals surface area contributed by atoms with Crippen LogP contribution in [-0.4, -0.2) is 26.1 Å². The second kappa shape index (κ2) is 4.56. The highest BCUT2D eigenvalue weighted by atomic mass is 19.1. The number of carboxylic acids is 1. The van der Waals surface area contributed by atoms with E-state index >= 15 is 0 Å². The molecular formula is C12H12FN3O2. The number of nitrogens with zero attached hydrogens (tertiary/aromatic N) is 3. The van der Waals surface area contributed by atoms with Crippen molar-refractivity contribution < 1.29 is 14.3 Å². The van der Waals surface area contributed by atoms with Gasteiger partial charge in [-0.3, -0.25) is 0 Å². The van der Waals surface area contributed by atoms with Gasteiger partial charge in [-0.25, -0.2) is 13.9 Å². The zero-order valence-electron chi connectivity index (χ0n) is 9.96. The van der Waals surface area contributed by atoms with E-state index in [1.165, 1.54) is 22.9 Å². The van der Waals surface area contributed by atoms with Crippen molar-refractivity contribution in [2.24, 2.45) is 0 Å². The van der Waals surface area contributed by atoms with E-state index in [0.717, 1.165) is 0 Å². The molecule has 0 unspecified atom stereocenters. The van der Waals surface area contributed by atoms with Gasteiger partial charge in [0.2, 0.25) is 0 Å². The van der Waals surface area contributed by atoms with E-state index in [-0.39, 0.29) is 11.6 Å². The second-order valence-electron chi connectivity index (χ2n) is 4.17. The summed E-state index contributed by atoms with van der Waals surface area (Å²) in [6, 6.07) is 5.78. The lowest BCUT2D eigenvalue weighted by atomic mass is 10.1. The number of benzene rings is 1. The predicted molar refractivity (Wildman–Crippen MR) is 62.4 cm³/mol. The molecule has 0 aliphatic carbocycles. The summed E-state index contributed by atoms with van der Waals surface area (Å²) in [7, 11) is 0. The molecule has 0 aliphatic heterocycles. The van der Waals surface area contributed by atoms with E-state index in [2.05, 4.69) is 10.3 Å². The fourth-order valence-electron chi connectivity index (χ4n) is 1.76. The highest BCUT2D eigenvalue weighted by molar-refractivity contribution is 5.86. The first kappa shape index (κ1) is 12.2. The molecule has 6 heteroatoms. The van der Waals surface area contributed by atoms with E-state index in [4.69, 9.17) is 5.11 Å². The smallest absolute Gasteiger partial charge is 0.358 e. The maximum absolute atomic E-state index is 13.2. The number of carboxylic acid groups (broad SMARTS) is 1. The molecule has 0 atom stereocenters. The minimum Gasteiger partial charge on any atom is -0.476 e. The number of rotatable bonds is 3. The van der Waals surface area contributed by atoms with E-state index in [1.54, 1.807) is 6.07 Å². The van der Waals surface area contributed by atoms with Crippen LogP contribution in [0.15, 0.2) is 24.3 Å². The monoisotopic (exact) mass is 249 g/mol. The molecule has 1 heterocycles. The Kier molecular flexibility index (Phi) is 3.10. The molecule has 1 aromatic carbocycles. The van der Waals surface area contributed by atoms with Crippen molar-refractivity contribution in [3.63, 3.8) is 0 Å². The maximum Gasteiger partial charge on any atom is 0.358 e. The molecule has 0 amide bonds. The summed E-state index contributed by atoms with van der Waals surface area (Å²) in [4.78, 5) is 11.0. The van der Waals surface area contributed by atoms with Gasteiger partial charge in [0.15, 0.2) is 5.69 Å². The number of aromatic nitrogens is 3. The summed E-state index contributed by atoms with van der Waals surface area (Å²) in [5, 5.41) is 16.5. The molecular weight excluding hydrogens is 237 g/mol. The van der Waals surface area contributed by atoms with Crippen LogP contribution < -0.4 is 0 Å². The zero-order valence-corrected chi connectivity index (χ0v) is 9.96. The van der Waals surface area contributed by atoms with Gasteiger partial charge in [-0.05, 0) is 24.1 Å². The lowest BCUT2D eigenvalue weighted by molar-refractivity contribution is 0.0688. The van der Waals surface area contributed by atoms with Gasteiger partial charge in [-0.15, -0.1) is 5.10 Å². The Balaban J connectivity index is 2.61. The van der Waals surface area contributed by atoms with Crippen molar-refractivity contribution in [3.05, 3.63) is 41.5 Å². The summed E-state index contributed by atoms with van der Waals surface area (Å²) in [5.41, 5.74) is 0.807. The van der Waals surface area contributed by atoms with Gasteiger partial charge < -0.3 is 5.11 Å². The zero-order chi connectivity index (χ0) is 13.3. The third-order valence-corrected chi connectivity index (χ3v) is 2.51. The predicted octanol–water partition coefficient (Wildman–Crippen LogP) is 2.23. The average Bonchev–Trinajstić information content (AvgIpc) is 2.73. The lowest BCUT2D eigenvalue weighted by Gasteiger charge is -2.09. The summed E-state index contributed by atoms with van der Waals surface area (Å²) in [5.74, 6) is -1.63. The van der Waals surface area contributed by atoms with Gasteiger partial charge >= 0.3 is 5.97 Å². The molecule has 1 aromatic heterocycles. The Morgan fingerprint density at radius 3 is 2.72 bits per heavy atom. The molecule has 2 aromatic rings. The Labute approximate surface area is 103 Å². The molecule has 0 spiro atoms. The lowest BCUT2D eigenvalue weighted by Crippen LogP contribution is -2.08. The quantitative estimate of drug-likeness (QED) is 0.905. The van der Waals surface area contributed by atoms with Crippen LogP contribution in [0.4, 0.5) is 4.39 Å². The number of halogens is 1. The van der Waals surface area contributed by atoms with Gasteiger partial charge in [0.1, 0.15) is 5.82 Å². The fourth-order valence-corrected chi connectivity index (χ4v) is 1.76. The molecule has 0 fully saturated rings. The van der Waals surface area contributed by atoms with Crippen molar-refractivity contribution in [3.8, 4) is 5.69 Å². The summed E-state index contributed by atoms with van der Waals surface area (Å²) in [6.07, 6.45) is 0. The van der Waals surface area contributed by atoms with E-state index in [9.17, 15) is 9.18 Å². The molecule has 1 N–H and O–H groups in total. The number of aromatic carboxylic acids is 1. The normalized spacial score (nSPS) is 10.9. The van der Waals surface area contributed by atoms with Crippen LogP contribution >= 0.6 is 0 Å². The van der Waals surface area contributed by atoms with Crippen LogP contribution in [0, 0.1) is 5.82 Å². The summed E-state index contributed by atoms with van der Waals surface area (Å²) in [6.45, 7) is 3.67. The molecule has 0 aliphatic rings. The first-order valence-corrected chi connectivity index (χ1v) is 5.45. The minimum absolute atomic E-state index is 0.0885. The molecule has 2 rings (SSSR count). The maximum atomic E-state index is 13.2. The van der Waals surface area contributed by atoms with Crippen LogP contribution in [0.5, 0.6) is 0 Å². The van der Waals surface area contributed by atoms with Crippen molar-refractivity contribution in [1.82, 2.24) is 15.0 Å².